The zero-order valence-corrected chi connectivity index (χ0v) is 15.0. The predicted octanol–water partition coefficient (Wildman–Crippen LogP) is 4.97. The van der Waals surface area contributed by atoms with E-state index in [4.69, 9.17) is 0 Å². The maximum Gasteiger partial charge on any atom is 0.127 e. The molecule has 1 N–H and O–H groups in total. The number of halogens is 3. The van der Waals surface area contributed by atoms with Crippen LogP contribution in [0.1, 0.15) is 11.1 Å². The first-order chi connectivity index (χ1) is 10.1. The summed E-state index contributed by atoms with van der Waals surface area (Å²) < 4.78 is 15.8. The zero-order chi connectivity index (χ0) is 15.2. The Hall–Kier alpha value is -0.710. The standard InChI is InChI=1S/C17H18Br2FN/c1-21-11-13(8-12-2-5-15(18)6-3-12)9-14-4-7-16(19)10-17(14)20/h2-7,10,13,21H,8-9,11H2,1H3. The van der Waals surface area contributed by atoms with E-state index >= 15 is 0 Å². The molecule has 4 heteroatoms. The van der Waals surface area contributed by atoms with Gasteiger partial charge in [-0.1, -0.05) is 50.1 Å². The Bertz CT molecular complexity index is 584. The summed E-state index contributed by atoms with van der Waals surface area (Å²) in [5.41, 5.74) is 2.05. The maximum absolute atomic E-state index is 14.0. The van der Waals surface area contributed by atoms with Crippen LogP contribution < -0.4 is 5.32 Å². The first-order valence-corrected chi connectivity index (χ1v) is 8.50. The minimum Gasteiger partial charge on any atom is -0.319 e. The van der Waals surface area contributed by atoms with Gasteiger partial charge in [-0.3, -0.25) is 0 Å². The second-order valence-corrected chi connectivity index (χ2v) is 7.03. The van der Waals surface area contributed by atoms with Crippen molar-refractivity contribution in [2.75, 3.05) is 13.6 Å². The molecule has 0 amide bonds. The van der Waals surface area contributed by atoms with Crippen molar-refractivity contribution < 1.29 is 4.39 Å². The largest absolute Gasteiger partial charge is 0.319 e. The Kier molecular flexibility index (Phi) is 6.40. The minimum absolute atomic E-state index is 0.138. The molecule has 1 nitrogen and oxygen atoms in total. The van der Waals surface area contributed by atoms with Crippen LogP contribution in [0.4, 0.5) is 4.39 Å². The molecule has 112 valence electrons. The van der Waals surface area contributed by atoms with Crippen molar-refractivity contribution in [2.24, 2.45) is 5.92 Å². The van der Waals surface area contributed by atoms with Gasteiger partial charge in [0.2, 0.25) is 0 Å². The lowest BCUT2D eigenvalue weighted by molar-refractivity contribution is 0.479. The third kappa shape index (κ3) is 5.20. The molecular formula is C17H18Br2FN. The van der Waals surface area contributed by atoms with Crippen molar-refractivity contribution in [2.45, 2.75) is 12.8 Å². The van der Waals surface area contributed by atoms with Crippen LogP contribution in [0.25, 0.3) is 0 Å². The lowest BCUT2D eigenvalue weighted by atomic mass is 9.92. The van der Waals surface area contributed by atoms with Gasteiger partial charge >= 0.3 is 0 Å². The fourth-order valence-corrected chi connectivity index (χ4v) is 3.05. The average Bonchev–Trinajstić information content (AvgIpc) is 2.44. The van der Waals surface area contributed by atoms with E-state index in [2.05, 4.69) is 49.3 Å². The van der Waals surface area contributed by atoms with Gasteiger partial charge in [0.05, 0.1) is 0 Å². The van der Waals surface area contributed by atoms with E-state index in [1.54, 1.807) is 0 Å². The molecular weight excluding hydrogens is 397 g/mol. The van der Waals surface area contributed by atoms with Crippen LogP contribution >= 0.6 is 31.9 Å². The molecule has 1 unspecified atom stereocenters. The Morgan fingerprint density at radius 3 is 2.29 bits per heavy atom. The number of hydrogen-bond donors (Lipinski definition) is 1. The molecule has 1 atom stereocenters. The van der Waals surface area contributed by atoms with Crippen molar-refractivity contribution in [3.05, 3.63) is 68.4 Å². The smallest absolute Gasteiger partial charge is 0.127 e. The van der Waals surface area contributed by atoms with Gasteiger partial charge in [0.25, 0.3) is 0 Å². The van der Waals surface area contributed by atoms with E-state index in [0.29, 0.717) is 5.92 Å². The maximum atomic E-state index is 14.0. The van der Waals surface area contributed by atoms with Crippen LogP contribution in [0, 0.1) is 11.7 Å². The molecule has 0 aliphatic heterocycles. The van der Waals surface area contributed by atoms with Gasteiger partial charge in [-0.05, 0) is 67.7 Å². The number of benzene rings is 2. The Balaban J connectivity index is 2.09. The molecule has 0 aliphatic rings. The first kappa shape index (κ1) is 16.7. The van der Waals surface area contributed by atoms with Crippen molar-refractivity contribution in [3.8, 4) is 0 Å². The van der Waals surface area contributed by atoms with Crippen LogP contribution in [-0.2, 0) is 12.8 Å². The summed E-state index contributed by atoms with van der Waals surface area (Å²) >= 11 is 6.74. The van der Waals surface area contributed by atoms with Crippen LogP contribution in [-0.4, -0.2) is 13.6 Å². The minimum atomic E-state index is -0.138. The average molecular weight is 415 g/mol. The molecule has 0 bridgehead atoms. The summed E-state index contributed by atoms with van der Waals surface area (Å²) in [7, 11) is 1.94. The molecule has 2 aromatic rings. The van der Waals surface area contributed by atoms with Crippen molar-refractivity contribution in [1.82, 2.24) is 5.32 Å². The summed E-state index contributed by atoms with van der Waals surface area (Å²) in [6.45, 7) is 0.867. The highest BCUT2D eigenvalue weighted by molar-refractivity contribution is 9.10. The monoisotopic (exact) mass is 413 g/mol. The van der Waals surface area contributed by atoms with Gasteiger partial charge in [-0.2, -0.15) is 0 Å². The topological polar surface area (TPSA) is 12.0 Å². The molecule has 21 heavy (non-hydrogen) atoms. The lowest BCUT2D eigenvalue weighted by Gasteiger charge is -2.17. The third-order valence-corrected chi connectivity index (χ3v) is 4.48. The Morgan fingerprint density at radius 2 is 1.67 bits per heavy atom. The number of rotatable bonds is 6. The molecule has 0 saturated carbocycles. The summed E-state index contributed by atoms with van der Waals surface area (Å²) in [5.74, 6) is 0.230. The van der Waals surface area contributed by atoms with Crippen LogP contribution in [0.2, 0.25) is 0 Å². The number of hydrogen-bond acceptors (Lipinski definition) is 1. The molecule has 0 aromatic heterocycles. The fraction of sp³-hybridized carbons (Fsp3) is 0.294. The molecule has 0 radical (unpaired) electrons. The van der Waals surface area contributed by atoms with Gasteiger partial charge < -0.3 is 5.32 Å². The van der Waals surface area contributed by atoms with E-state index in [9.17, 15) is 4.39 Å². The highest BCUT2D eigenvalue weighted by Gasteiger charge is 2.13. The number of nitrogens with one attached hydrogen (secondary N) is 1. The van der Waals surface area contributed by atoms with Gasteiger partial charge in [-0.15, -0.1) is 0 Å². The van der Waals surface area contributed by atoms with E-state index in [-0.39, 0.29) is 5.82 Å². The fourth-order valence-electron chi connectivity index (χ4n) is 2.46. The first-order valence-electron chi connectivity index (χ1n) is 6.91. The summed E-state index contributed by atoms with van der Waals surface area (Å²) in [6.07, 6.45) is 1.67. The van der Waals surface area contributed by atoms with Gasteiger partial charge in [-0.25, -0.2) is 4.39 Å². The molecule has 2 aromatic carbocycles. The normalized spacial score (nSPS) is 12.4. The van der Waals surface area contributed by atoms with Gasteiger partial charge in [0.1, 0.15) is 5.82 Å². The lowest BCUT2D eigenvalue weighted by Crippen LogP contribution is -2.23. The van der Waals surface area contributed by atoms with Crippen LogP contribution in [0.3, 0.4) is 0 Å². The molecule has 0 heterocycles. The van der Waals surface area contributed by atoms with Gasteiger partial charge in [0.15, 0.2) is 0 Å². The highest BCUT2D eigenvalue weighted by atomic mass is 79.9. The van der Waals surface area contributed by atoms with Crippen molar-refractivity contribution in [1.29, 1.82) is 0 Å². The Labute approximate surface area is 142 Å². The molecule has 2 rings (SSSR count). The van der Waals surface area contributed by atoms with Gasteiger partial charge in [0, 0.05) is 8.95 Å². The van der Waals surface area contributed by atoms with E-state index in [1.165, 1.54) is 11.6 Å². The summed E-state index contributed by atoms with van der Waals surface area (Å²) in [5, 5.41) is 3.21. The second-order valence-electron chi connectivity index (χ2n) is 5.19. The van der Waals surface area contributed by atoms with E-state index in [1.807, 2.05) is 31.3 Å². The molecule has 0 saturated heterocycles. The Morgan fingerprint density at radius 1 is 1.00 bits per heavy atom. The molecule has 0 spiro atoms. The summed E-state index contributed by atoms with van der Waals surface area (Å²) in [6, 6.07) is 13.6. The van der Waals surface area contributed by atoms with Crippen molar-refractivity contribution in [3.63, 3.8) is 0 Å². The zero-order valence-electron chi connectivity index (χ0n) is 11.9. The quantitative estimate of drug-likeness (QED) is 0.703. The predicted molar refractivity (Wildman–Crippen MR) is 93.1 cm³/mol. The van der Waals surface area contributed by atoms with E-state index < -0.39 is 0 Å². The molecule has 0 fully saturated rings. The second kappa shape index (κ2) is 8.06. The molecule has 0 aliphatic carbocycles. The van der Waals surface area contributed by atoms with E-state index in [0.717, 1.165) is 33.9 Å². The SMILES string of the molecule is CNCC(Cc1ccc(Br)cc1)Cc1ccc(Br)cc1F. The summed E-state index contributed by atoms with van der Waals surface area (Å²) in [4.78, 5) is 0. The highest BCUT2D eigenvalue weighted by Crippen LogP contribution is 2.21. The third-order valence-electron chi connectivity index (χ3n) is 3.45. The van der Waals surface area contributed by atoms with Crippen molar-refractivity contribution >= 4 is 31.9 Å². The van der Waals surface area contributed by atoms with Crippen LogP contribution in [0.15, 0.2) is 51.4 Å². The van der Waals surface area contributed by atoms with Crippen LogP contribution in [0.5, 0.6) is 0 Å².